The van der Waals surface area contributed by atoms with Gasteiger partial charge in [0.05, 0.1) is 12.5 Å². The lowest BCUT2D eigenvalue weighted by Gasteiger charge is -2.27. The molecule has 0 aliphatic carbocycles. The third kappa shape index (κ3) is 7.88. The number of cyclic esters (lactones) is 1. The maximum Gasteiger partial charge on any atom is 0.355 e. The van der Waals surface area contributed by atoms with Crippen molar-refractivity contribution in [3.05, 3.63) is 77.7 Å². The van der Waals surface area contributed by atoms with Crippen LogP contribution in [0.15, 0.2) is 70.6 Å². The average molecular weight is 510 g/mol. The molecule has 0 fully saturated rings. The van der Waals surface area contributed by atoms with E-state index in [1.807, 2.05) is 45.9 Å². The van der Waals surface area contributed by atoms with Crippen LogP contribution in [-0.4, -0.2) is 58.1 Å². The van der Waals surface area contributed by atoms with Crippen molar-refractivity contribution in [3.63, 3.8) is 0 Å². The molecule has 37 heavy (non-hydrogen) atoms. The van der Waals surface area contributed by atoms with Gasteiger partial charge in [-0.25, -0.2) is 9.78 Å². The smallest absolute Gasteiger partial charge is 0.355 e. The number of ether oxygens (including phenoxy) is 1. The highest BCUT2D eigenvalue weighted by molar-refractivity contribution is 6.00. The summed E-state index contributed by atoms with van der Waals surface area (Å²) >= 11 is 0. The van der Waals surface area contributed by atoms with Gasteiger partial charge in [-0.05, 0) is 25.3 Å². The van der Waals surface area contributed by atoms with Crippen LogP contribution in [0.3, 0.4) is 0 Å². The standard InChI is InChI=1S/C28H35N3O6/c1-18(2)26-20(4)12-13-24(33)29-14-6-9-19(3)8-5-10-21(32)16-25-30-22(17-36-25)27(34)31-15-7-11-23(31)28(35)37-26/h5-6,8-13,17-18,20-21,26,32H,7,14-16H2,1-4H3,(H,29,33)/b9-6-,10-5-,13-12-,19-8-/t20-,21?,26-/m1/s1. The average Bonchev–Trinajstić information content (AvgIpc) is 3.52. The first-order valence-electron chi connectivity index (χ1n) is 12.5. The molecule has 2 aliphatic rings. The van der Waals surface area contributed by atoms with Gasteiger partial charge in [-0.3, -0.25) is 9.59 Å². The lowest BCUT2D eigenvalue weighted by molar-refractivity contribution is -0.149. The summed E-state index contributed by atoms with van der Waals surface area (Å²) in [6.45, 7) is 8.31. The van der Waals surface area contributed by atoms with Gasteiger partial charge in [0.2, 0.25) is 5.91 Å². The molecule has 1 aromatic rings. The van der Waals surface area contributed by atoms with Crippen molar-refractivity contribution in [1.29, 1.82) is 0 Å². The maximum atomic E-state index is 13.1. The molecule has 3 atom stereocenters. The first-order chi connectivity index (χ1) is 17.7. The minimum atomic E-state index is -0.866. The summed E-state index contributed by atoms with van der Waals surface area (Å²) < 4.78 is 11.2. The van der Waals surface area contributed by atoms with Gasteiger partial charge in [-0.2, -0.15) is 0 Å². The van der Waals surface area contributed by atoms with E-state index in [1.165, 1.54) is 17.2 Å². The molecule has 0 aromatic carbocycles. The Bertz CT molecular complexity index is 1140. The van der Waals surface area contributed by atoms with Crippen LogP contribution in [0.2, 0.25) is 0 Å². The van der Waals surface area contributed by atoms with Gasteiger partial charge >= 0.3 is 5.97 Å². The summed E-state index contributed by atoms with van der Waals surface area (Å²) in [5.41, 5.74) is 1.14. The number of esters is 1. The van der Waals surface area contributed by atoms with Gasteiger partial charge in [0.25, 0.3) is 5.91 Å². The van der Waals surface area contributed by atoms with E-state index in [4.69, 9.17) is 9.15 Å². The fraction of sp³-hybridized carbons (Fsp3) is 0.429. The normalized spacial score (nSPS) is 28.4. The number of rotatable bonds is 1. The Kier molecular flexibility index (Phi) is 9.79. The molecule has 9 nitrogen and oxygen atoms in total. The van der Waals surface area contributed by atoms with E-state index in [0.717, 1.165) is 5.57 Å². The molecule has 198 valence electrons. The van der Waals surface area contributed by atoms with Crippen molar-refractivity contribution in [2.75, 3.05) is 13.1 Å². The van der Waals surface area contributed by atoms with Crippen LogP contribution in [0, 0.1) is 11.8 Å². The number of aliphatic hydroxyl groups is 1. The quantitative estimate of drug-likeness (QED) is 0.557. The predicted octanol–water partition coefficient (Wildman–Crippen LogP) is 3.26. The Morgan fingerprint density at radius 2 is 1.97 bits per heavy atom. The lowest BCUT2D eigenvalue weighted by atomic mass is 9.94. The molecule has 0 saturated carbocycles. The molecular weight excluding hydrogens is 474 g/mol. The first kappa shape index (κ1) is 27.9. The Morgan fingerprint density at radius 1 is 1.19 bits per heavy atom. The molecule has 2 aliphatic heterocycles. The lowest BCUT2D eigenvalue weighted by Crippen LogP contribution is -2.36. The predicted molar refractivity (Wildman–Crippen MR) is 138 cm³/mol. The molecule has 1 unspecified atom stereocenters. The van der Waals surface area contributed by atoms with Crippen molar-refractivity contribution in [2.24, 2.45) is 11.8 Å². The third-order valence-corrected chi connectivity index (χ3v) is 6.03. The van der Waals surface area contributed by atoms with Gasteiger partial charge in [0.15, 0.2) is 11.6 Å². The van der Waals surface area contributed by atoms with Crippen LogP contribution >= 0.6 is 0 Å². The highest BCUT2D eigenvalue weighted by Gasteiger charge is 2.33. The Balaban J connectivity index is 1.87. The molecule has 2 amide bonds. The number of aromatic nitrogens is 1. The minimum absolute atomic E-state index is 0.0249. The minimum Gasteiger partial charge on any atom is -0.457 e. The molecule has 0 radical (unpaired) electrons. The number of carbonyl (C=O) groups is 3. The van der Waals surface area contributed by atoms with E-state index >= 15 is 0 Å². The molecule has 2 N–H and O–H groups in total. The second-order valence-electron chi connectivity index (χ2n) is 9.51. The van der Waals surface area contributed by atoms with Crippen LogP contribution in [-0.2, 0) is 20.7 Å². The molecule has 0 saturated heterocycles. The summed E-state index contributed by atoms with van der Waals surface area (Å²) in [6.07, 6.45) is 14.1. The van der Waals surface area contributed by atoms with Crippen molar-refractivity contribution in [1.82, 2.24) is 15.2 Å². The SMILES string of the molecule is CC1=C/C=C\C(O)Cc2nc(co2)C(=O)N2CCC=C2C(=O)O[C@H](C(C)C)[C@H](C)/C=C\C(=O)NC/C=C\1. The monoisotopic (exact) mass is 509 g/mol. The second-order valence-corrected chi connectivity index (χ2v) is 9.51. The highest BCUT2D eigenvalue weighted by Crippen LogP contribution is 2.24. The van der Waals surface area contributed by atoms with Crippen LogP contribution in [0.1, 0.15) is 50.5 Å². The summed E-state index contributed by atoms with van der Waals surface area (Å²) in [5.74, 6) is -1.39. The molecule has 2 bridgehead atoms. The van der Waals surface area contributed by atoms with Gasteiger partial charge < -0.3 is 24.5 Å². The van der Waals surface area contributed by atoms with E-state index in [1.54, 1.807) is 24.3 Å². The summed E-state index contributed by atoms with van der Waals surface area (Å²) in [7, 11) is 0. The van der Waals surface area contributed by atoms with Crippen LogP contribution < -0.4 is 5.32 Å². The van der Waals surface area contributed by atoms with Crippen LogP contribution in [0.25, 0.3) is 0 Å². The van der Waals surface area contributed by atoms with E-state index in [2.05, 4.69) is 10.3 Å². The number of allylic oxidation sites excluding steroid dienone is 4. The summed E-state index contributed by atoms with van der Waals surface area (Å²) in [4.78, 5) is 44.0. The number of nitrogens with zero attached hydrogens (tertiary/aromatic N) is 2. The first-order valence-corrected chi connectivity index (χ1v) is 12.5. The number of hydrogen-bond acceptors (Lipinski definition) is 7. The van der Waals surface area contributed by atoms with Gasteiger partial charge in [-0.1, -0.05) is 68.9 Å². The van der Waals surface area contributed by atoms with Crippen molar-refractivity contribution >= 4 is 17.8 Å². The third-order valence-electron chi connectivity index (χ3n) is 6.03. The molecule has 1 aromatic heterocycles. The Labute approximate surface area is 217 Å². The van der Waals surface area contributed by atoms with E-state index < -0.39 is 24.1 Å². The topological polar surface area (TPSA) is 122 Å². The number of aliphatic hydroxyl groups excluding tert-OH is 1. The zero-order valence-electron chi connectivity index (χ0n) is 21.7. The number of nitrogens with one attached hydrogen (secondary N) is 1. The zero-order chi connectivity index (χ0) is 26.9. The second kappa shape index (κ2) is 13.0. The van der Waals surface area contributed by atoms with Crippen LogP contribution in [0.5, 0.6) is 0 Å². The van der Waals surface area contributed by atoms with Gasteiger partial charge in [0.1, 0.15) is 18.1 Å². The molecular formula is C28H35N3O6. The molecule has 9 heteroatoms. The van der Waals surface area contributed by atoms with E-state index in [-0.39, 0.29) is 41.4 Å². The zero-order valence-corrected chi connectivity index (χ0v) is 21.7. The number of oxazole rings is 1. The summed E-state index contributed by atoms with van der Waals surface area (Å²) in [6, 6.07) is 0. The van der Waals surface area contributed by atoms with Gasteiger partial charge in [0, 0.05) is 19.0 Å². The maximum absolute atomic E-state index is 13.1. The van der Waals surface area contributed by atoms with Gasteiger partial charge in [-0.15, -0.1) is 0 Å². The fourth-order valence-corrected chi connectivity index (χ4v) is 4.09. The molecule has 3 rings (SSSR count). The fourth-order valence-electron chi connectivity index (χ4n) is 4.09. The van der Waals surface area contributed by atoms with E-state index in [0.29, 0.717) is 19.5 Å². The van der Waals surface area contributed by atoms with Crippen molar-refractivity contribution < 1.29 is 28.6 Å². The Hall–Kier alpha value is -3.72. The van der Waals surface area contributed by atoms with E-state index in [9.17, 15) is 19.5 Å². The number of carbonyl (C=O) groups excluding carboxylic acids is 3. The summed E-state index contributed by atoms with van der Waals surface area (Å²) in [5, 5.41) is 13.1. The highest BCUT2D eigenvalue weighted by atomic mass is 16.5. The number of hydrogen-bond donors (Lipinski definition) is 2. The van der Waals surface area contributed by atoms with Crippen molar-refractivity contribution in [3.8, 4) is 0 Å². The van der Waals surface area contributed by atoms with Crippen LogP contribution in [0.4, 0.5) is 0 Å². The van der Waals surface area contributed by atoms with Crippen molar-refractivity contribution in [2.45, 2.75) is 52.7 Å². The largest absolute Gasteiger partial charge is 0.457 e. The molecule has 3 heterocycles. The molecule has 0 spiro atoms. The number of fused-ring (bicyclic) bond motifs is 3. The Morgan fingerprint density at radius 3 is 2.73 bits per heavy atom. The number of amides is 2.